The average molecular weight is 276 g/mol. The summed E-state index contributed by atoms with van der Waals surface area (Å²) in [5.74, 6) is -1.68. The molecule has 0 saturated carbocycles. The maximum Gasteiger partial charge on any atom is 0.266 e. The van der Waals surface area contributed by atoms with Gasteiger partial charge in [-0.05, 0) is 11.6 Å². The number of thiophene rings is 1. The Hall–Kier alpha value is -1.60. The van der Waals surface area contributed by atoms with Crippen LogP contribution in [0.3, 0.4) is 0 Å². The molecule has 2 rings (SSSR count). The van der Waals surface area contributed by atoms with Crippen molar-refractivity contribution in [3.8, 4) is 0 Å². The highest BCUT2D eigenvalue weighted by atomic mass is 35.5. The third kappa shape index (κ3) is 2.75. The smallest absolute Gasteiger partial charge is 0.266 e. The predicted molar refractivity (Wildman–Crippen MR) is 59.2 cm³/mol. The van der Waals surface area contributed by atoms with Crippen molar-refractivity contribution in [1.82, 2.24) is 9.97 Å². The van der Waals surface area contributed by atoms with E-state index in [1.54, 1.807) is 0 Å². The fraction of sp³-hybridized carbons (Fsp3) is 0. The Morgan fingerprint density at radius 2 is 2.00 bits per heavy atom. The molecule has 8 heteroatoms. The topological polar surface area (TPSA) is 54.9 Å². The molecule has 1 amide bonds. The molecule has 0 atom stereocenters. The lowest BCUT2D eigenvalue weighted by Gasteiger charge is -2.01. The summed E-state index contributed by atoms with van der Waals surface area (Å²) in [6.07, 6.45) is 2.57. The Bertz CT molecular complexity index is 538. The first-order valence-electron chi connectivity index (χ1n) is 4.30. The summed E-state index contributed by atoms with van der Waals surface area (Å²) in [6.45, 7) is 0. The van der Waals surface area contributed by atoms with E-state index in [2.05, 4.69) is 15.3 Å². The molecule has 4 nitrogen and oxygen atoms in total. The number of carbonyl (C=O) groups excluding carboxylic acids is 1. The van der Waals surface area contributed by atoms with Crippen molar-refractivity contribution < 1.29 is 13.6 Å². The van der Waals surface area contributed by atoms with Crippen LogP contribution in [0.15, 0.2) is 18.5 Å². The number of carbonyl (C=O) groups is 1. The molecule has 0 spiro atoms. The zero-order valence-electron chi connectivity index (χ0n) is 8.08. The summed E-state index contributed by atoms with van der Waals surface area (Å²) < 4.78 is 25.4. The molecule has 2 aromatic heterocycles. The summed E-state index contributed by atoms with van der Waals surface area (Å²) in [5, 5.41) is 1.39. The Balaban J connectivity index is 2.14. The van der Waals surface area contributed by atoms with E-state index in [1.807, 2.05) is 0 Å². The second-order valence-corrected chi connectivity index (χ2v) is 4.27. The molecule has 1 N–H and O–H groups in total. The van der Waals surface area contributed by atoms with Crippen molar-refractivity contribution in [3.05, 3.63) is 39.6 Å². The molecule has 0 aliphatic carbocycles. The van der Waals surface area contributed by atoms with E-state index < -0.39 is 16.9 Å². The molecule has 0 aliphatic heterocycles. The summed E-state index contributed by atoms with van der Waals surface area (Å²) in [5.41, 5.74) is 0.286. The Morgan fingerprint density at radius 3 is 2.53 bits per heavy atom. The number of amides is 1. The van der Waals surface area contributed by atoms with Gasteiger partial charge in [-0.25, -0.2) is 14.4 Å². The molecule has 0 saturated heterocycles. The van der Waals surface area contributed by atoms with Crippen molar-refractivity contribution in [2.75, 3.05) is 5.32 Å². The first kappa shape index (κ1) is 11.9. The molecule has 0 bridgehead atoms. The van der Waals surface area contributed by atoms with Gasteiger partial charge in [-0.2, -0.15) is 4.39 Å². The highest BCUT2D eigenvalue weighted by Crippen LogP contribution is 2.20. The van der Waals surface area contributed by atoms with E-state index in [0.29, 0.717) is 11.3 Å². The molecule has 0 radical (unpaired) electrons. The Labute approximate surface area is 103 Å². The fourth-order valence-corrected chi connectivity index (χ4v) is 1.78. The van der Waals surface area contributed by atoms with Crippen LogP contribution in [-0.2, 0) is 0 Å². The fourth-order valence-electron chi connectivity index (χ4n) is 1.03. The van der Waals surface area contributed by atoms with Gasteiger partial charge in [0.25, 0.3) is 5.91 Å². The molecular weight excluding hydrogens is 272 g/mol. The Morgan fingerprint density at radius 1 is 1.35 bits per heavy atom. The van der Waals surface area contributed by atoms with E-state index >= 15 is 0 Å². The van der Waals surface area contributed by atoms with Gasteiger partial charge in [-0.1, -0.05) is 11.3 Å². The van der Waals surface area contributed by atoms with Gasteiger partial charge < -0.3 is 5.32 Å². The molecule has 0 aromatic carbocycles. The van der Waals surface area contributed by atoms with E-state index in [9.17, 15) is 13.6 Å². The van der Waals surface area contributed by atoms with Gasteiger partial charge in [0.15, 0.2) is 5.82 Å². The summed E-state index contributed by atoms with van der Waals surface area (Å²) in [4.78, 5) is 18.8. The normalized spacial score (nSPS) is 10.3. The summed E-state index contributed by atoms with van der Waals surface area (Å²) in [7, 11) is 0. The van der Waals surface area contributed by atoms with Crippen molar-refractivity contribution >= 4 is 34.5 Å². The van der Waals surface area contributed by atoms with Crippen LogP contribution in [0.1, 0.15) is 9.67 Å². The molecule has 17 heavy (non-hydrogen) atoms. The number of aromatic nitrogens is 2. The van der Waals surface area contributed by atoms with Gasteiger partial charge in [0.2, 0.25) is 10.4 Å². The molecule has 2 aromatic rings. The molecule has 2 heterocycles. The van der Waals surface area contributed by atoms with Crippen LogP contribution in [0.4, 0.5) is 14.5 Å². The minimum Gasteiger partial charge on any atom is -0.319 e. The zero-order chi connectivity index (χ0) is 12.4. The van der Waals surface area contributed by atoms with Gasteiger partial charge in [-0.15, -0.1) is 0 Å². The van der Waals surface area contributed by atoms with E-state index in [1.165, 1.54) is 12.4 Å². The monoisotopic (exact) mass is 275 g/mol. The SMILES string of the molecule is O=C(Nc1cnc(Cl)nc1)c1cc(F)c(F)s1. The van der Waals surface area contributed by atoms with Crippen molar-refractivity contribution in [2.45, 2.75) is 0 Å². The van der Waals surface area contributed by atoms with Crippen LogP contribution in [0.5, 0.6) is 0 Å². The van der Waals surface area contributed by atoms with Crippen molar-refractivity contribution in [2.24, 2.45) is 0 Å². The predicted octanol–water partition coefficient (Wildman–Crippen LogP) is 2.72. The minimum absolute atomic E-state index is 0.0382. The first-order chi connectivity index (χ1) is 8.06. The number of nitrogens with zero attached hydrogens (tertiary/aromatic N) is 2. The number of rotatable bonds is 2. The maximum absolute atomic E-state index is 12.7. The van der Waals surface area contributed by atoms with Crippen LogP contribution in [0, 0.1) is 10.9 Å². The lowest BCUT2D eigenvalue weighted by atomic mass is 10.4. The van der Waals surface area contributed by atoms with Crippen LogP contribution >= 0.6 is 22.9 Å². The highest BCUT2D eigenvalue weighted by molar-refractivity contribution is 7.12. The van der Waals surface area contributed by atoms with Crippen molar-refractivity contribution in [3.63, 3.8) is 0 Å². The highest BCUT2D eigenvalue weighted by Gasteiger charge is 2.14. The molecule has 0 fully saturated rings. The maximum atomic E-state index is 12.7. The quantitative estimate of drug-likeness (QED) is 0.858. The number of hydrogen-bond donors (Lipinski definition) is 1. The second kappa shape index (κ2) is 4.72. The largest absolute Gasteiger partial charge is 0.319 e. The van der Waals surface area contributed by atoms with E-state index in [4.69, 9.17) is 11.6 Å². The van der Waals surface area contributed by atoms with E-state index in [-0.39, 0.29) is 15.8 Å². The van der Waals surface area contributed by atoms with Gasteiger partial charge in [0, 0.05) is 6.07 Å². The first-order valence-corrected chi connectivity index (χ1v) is 5.49. The van der Waals surface area contributed by atoms with Crippen molar-refractivity contribution in [1.29, 1.82) is 0 Å². The molecule has 88 valence electrons. The molecular formula is C9H4ClF2N3OS. The molecule has 0 aliphatic rings. The van der Waals surface area contributed by atoms with Gasteiger partial charge in [0.05, 0.1) is 23.0 Å². The van der Waals surface area contributed by atoms with Crippen LogP contribution < -0.4 is 5.32 Å². The third-order valence-corrected chi connectivity index (χ3v) is 2.84. The Kier molecular flexibility index (Phi) is 3.30. The van der Waals surface area contributed by atoms with Crippen LogP contribution in [0.2, 0.25) is 5.28 Å². The molecule has 0 unspecified atom stereocenters. The number of halogens is 3. The summed E-state index contributed by atoms with van der Waals surface area (Å²) >= 11 is 5.88. The average Bonchev–Trinajstić information content (AvgIpc) is 2.63. The van der Waals surface area contributed by atoms with Crippen LogP contribution in [0.25, 0.3) is 0 Å². The third-order valence-electron chi connectivity index (χ3n) is 1.75. The second-order valence-electron chi connectivity index (χ2n) is 2.93. The number of anilines is 1. The van der Waals surface area contributed by atoms with Gasteiger partial charge >= 0.3 is 0 Å². The number of hydrogen-bond acceptors (Lipinski definition) is 4. The zero-order valence-corrected chi connectivity index (χ0v) is 9.65. The van der Waals surface area contributed by atoms with Gasteiger partial charge in [0.1, 0.15) is 0 Å². The lowest BCUT2D eigenvalue weighted by molar-refractivity contribution is 0.103. The van der Waals surface area contributed by atoms with E-state index in [0.717, 1.165) is 6.07 Å². The lowest BCUT2D eigenvalue weighted by Crippen LogP contribution is -2.10. The van der Waals surface area contributed by atoms with Gasteiger partial charge in [-0.3, -0.25) is 4.79 Å². The standard InChI is InChI=1S/C9H4ClF2N3OS/c10-9-13-2-4(3-14-9)15-8(16)6-1-5(11)7(12)17-6/h1-3H,(H,15,16). The summed E-state index contributed by atoms with van der Waals surface area (Å²) in [6, 6.07) is 0.826. The van der Waals surface area contributed by atoms with Crippen LogP contribution in [-0.4, -0.2) is 15.9 Å². The minimum atomic E-state index is -1.05. The number of nitrogens with one attached hydrogen (secondary N) is 1.